The van der Waals surface area contributed by atoms with Gasteiger partial charge in [0.2, 0.25) is 0 Å². The van der Waals surface area contributed by atoms with Gasteiger partial charge in [-0.2, -0.15) is 5.26 Å². The van der Waals surface area contributed by atoms with E-state index >= 15 is 0 Å². The lowest BCUT2D eigenvalue weighted by atomic mass is 9.69. The van der Waals surface area contributed by atoms with Crippen LogP contribution < -0.4 is 4.74 Å². The van der Waals surface area contributed by atoms with Crippen molar-refractivity contribution in [3.8, 4) is 11.8 Å². The molecule has 2 heterocycles. The Bertz CT molecular complexity index is 1290. The zero-order chi connectivity index (χ0) is 25.7. The zero-order valence-corrected chi connectivity index (χ0v) is 21.1. The second-order valence-electron chi connectivity index (χ2n) is 10.0. The maximum absolute atomic E-state index is 14.5. The van der Waals surface area contributed by atoms with Gasteiger partial charge >= 0.3 is 0 Å². The first-order chi connectivity index (χ1) is 16.4. The predicted octanol–water partition coefficient (Wildman–Crippen LogP) is 4.26. The van der Waals surface area contributed by atoms with E-state index in [1.807, 2.05) is 0 Å². The number of sulfone groups is 1. The summed E-state index contributed by atoms with van der Waals surface area (Å²) in [5.41, 5.74) is 0.160. The minimum atomic E-state index is -3.60. The first-order valence-corrected chi connectivity index (χ1v) is 13.6. The molecule has 0 amide bonds. The fourth-order valence-electron chi connectivity index (χ4n) is 5.30. The molecule has 1 aliphatic carbocycles. The van der Waals surface area contributed by atoms with Gasteiger partial charge in [-0.05, 0) is 55.0 Å². The zero-order valence-electron chi connectivity index (χ0n) is 20.3. The molecule has 2 atom stereocenters. The van der Waals surface area contributed by atoms with Gasteiger partial charge in [0.15, 0.2) is 16.1 Å². The Balaban J connectivity index is 1.95. The fourth-order valence-corrected chi connectivity index (χ4v) is 5.99. The van der Waals surface area contributed by atoms with Crippen LogP contribution in [0, 0.1) is 17.2 Å². The number of halogens is 2. The van der Waals surface area contributed by atoms with Crippen LogP contribution >= 0.6 is 0 Å². The molecule has 0 saturated carbocycles. The number of hydrogen-bond donors (Lipinski definition) is 1. The van der Waals surface area contributed by atoms with E-state index in [2.05, 4.69) is 19.9 Å². The Morgan fingerprint density at radius 3 is 2.66 bits per heavy atom. The first-order valence-electron chi connectivity index (χ1n) is 11.7. The predicted molar refractivity (Wildman–Crippen MR) is 128 cm³/mol. The SMILES string of the molecule is CC(C)CCCN1C2=CC(C#N)=CC(C)(c3cc(S(C)(=O)=O)cc4c3OCC4)C2=C(C(F)F)C1O. The maximum Gasteiger partial charge on any atom is 0.264 e. The van der Waals surface area contributed by atoms with Crippen LogP contribution in [0.3, 0.4) is 0 Å². The Labute approximate surface area is 205 Å². The number of nitriles is 1. The van der Waals surface area contributed by atoms with Gasteiger partial charge in [0.05, 0.1) is 28.7 Å². The highest BCUT2D eigenvalue weighted by Gasteiger charge is 2.49. The van der Waals surface area contributed by atoms with Gasteiger partial charge in [-0.15, -0.1) is 0 Å². The molecule has 0 fully saturated rings. The highest BCUT2D eigenvalue weighted by Crippen LogP contribution is 2.53. The van der Waals surface area contributed by atoms with E-state index in [1.165, 1.54) is 17.0 Å². The molecule has 0 spiro atoms. The van der Waals surface area contributed by atoms with Crippen molar-refractivity contribution in [1.82, 2.24) is 4.90 Å². The summed E-state index contributed by atoms with van der Waals surface area (Å²) in [5.74, 6) is 0.860. The second kappa shape index (κ2) is 9.07. The molecule has 6 nitrogen and oxygen atoms in total. The summed E-state index contributed by atoms with van der Waals surface area (Å²) >= 11 is 0. The molecular weight excluding hydrogens is 474 g/mol. The number of aliphatic hydroxyl groups is 1. The van der Waals surface area contributed by atoms with Crippen LogP contribution in [0.2, 0.25) is 0 Å². The van der Waals surface area contributed by atoms with Gasteiger partial charge in [-0.1, -0.05) is 19.9 Å². The van der Waals surface area contributed by atoms with Crippen LogP contribution in [0.5, 0.6) is 5.75 Å². The Morgan fingerprint density at radius 2 is 2.06 bits per heavy atom. The van der Waals surface area contributed by atoms with Crippen LogP contribution in [0.1, 0.15) is 44.7 Å². The summed E-state index contributed by atoms with van der Waals surface area (Å²) < 4.78 is 59.8. The molecule has 0 bridgehead atoms. The molecule has 188 valence electrons. The van der Waals surface area contributed by atoms with Crippen molar-refractivity contribution in [2.75, 3.05) is 19.4 Å². The van der Waals surface area contributed by atoms with Crippen molar-refractivity contribution in [2.24, 2.45) is 5.92 Å². The highest BCUT2D eigenvalue weighted by molar-refractivity contribution is 7.90. The van der Waals surface area contributed by atoms with E-state index < -0.39 is 33.5 Å². The monoisotopic (exact) mass is 504 g/mol. The molecule has 0 aromatic heterocycles. The lowest BCUT2D eigenvalue weighted by Gasteiger charge is -2.36. The third kappa shape index (κ3) is 4.38. The molecule has 9 heteroatoms. The summed E-state index contributed by atoms with van der Waals surface area (Å²) in [6.45, 7) is 6.50. The Kier molecular flexibility index (Phi) is 6.58. The standard InChI is InChI=1S/C26H30F2N2O4S/c1-15(2)6-5-8-30-20-10-16(14-29)13-26(3,22(20)21(24(27)28)25(30)31)19-12-18(35(4,32)33)11-17-7-9-34-23(17)19/h10-13,15,24-25,31H,5-9H2,1-4H3. The number of benzene rings is 1. The van der Waals surface area contributed by atoms with E-state index in [-0.39, 0.29) is 16.0 Å². The van der Waals surface area contributed by atoms with Crippen molar-refractivity contribution >= 4 is 9.84 Å². The lowest BCUT2D eigenvalue weighted by Crippen LogP contribution is -2.34. The normalized spacial score (nSPS) is 23.8. The van der Waals surface area contributed by atoms with Gasteiger partial charge in [0.1, 0.15) is 5.75 Å². The molecule has 4 rings (SSSR count). The maximum atomic E-state index is 14.5. The highest BCUT2D eigenvalue weighted by atomic mass is 32.2. The van der Waals surface area contributed by atoms with Gasteiger partial charge in [-0.3, -0.25) is 0 Å². The molecule has 2 unspecified atom stereocenters. The number of allylic oxidation sites excluding steroid dienone is 4. The third-order valence-corrected chi connectivity index (χ3v) is 8.06. The molecule has 1 N–H and O–H groups in total. The number of nitrogens with zero attached hydrogens (tertiary/aromatic N) is 2. The van der Waals surface area contributed by atoms with Crippen LogP contribution in [-0.4, -0.2) is 50.5 Å². The molecule has 35 heavy (non-hydrogen) atoms. The van der Waals surface area contributed by atoms with E-state index in [1.54, 1.807) is 19.1 Å². The molecule has 2 aliphatic heterocycles. The minimum Gasteiger partial charge on any atom is -0.493 e. The summed E-state index contributed by atoms with van der Waals surface area (Å²) in [5, 5.41) is 20.9. The average molecular weight is 505 g/mol. The number of alkyl halides is 2. The number of fused-ring (bicyclic) bond motifs is 2. The summed E-state index contributed by atoms with van der Waals surface area (Å²) in [6.07, 6.45) is 1.74. The van der Waals surface area contributed by atoms with Crippen molar-refractivity contribution in [3.63, 3.8) is 0 Å². The van der Waals surface area contributed by atoms with E-state index in [0.29, 0.717) is 54.5 Å². The van der Waals surface area contributed by atoms with Crippen LogP contribution in [0.25, 0.3) is 0 Å². The van der Waals surface area contributed by atoms with Crippen molar-refractivity contribution in [1.29, 1.82) is 5.26 Å². The van der Waals surface area contributed by atoms with Crippen LogP contribution in [0.4, 0.5) is 8.78 Å². The first kappa shape index (κ1) is 25.4. The van der Waals surface area contributed by atoms with E-state index in [9.17, 15) is 27.6 Å². The van der Waals surface area contributed by atoms with E-state index in [4.69, 9.17) is 4.74 Å². The molecule has 0 radical (unpaired) electrons. The van der Waals surface area contributed by atoms with Gasteiger partial charge in [0.25, 0.3) is 6.43 Å². The van der Waals surface area contributed by atoms with Crippen molar-refractivity contribution in [2.45, 2.75) is 63.0 Å². The smallest absolute Gasteiger partial charge is 0.264 e. The van der Waals surface area contributed by atoms with Crippen molar-refractivity contribution < 1.29 is 27.0 Å². The fraction of sp³-hybridized carbons (Fsp3) is 0.500. The largest absolute Gasteiger partial charge is 0.493 e. The van der Waals surface area contributed by atoms with E-state index in [0.717, 1.165) is 12.7 Å². The number of hydrogen-bond acceptors (Lipinski definition) is 6. The number of rotatable bonds is 7. The average Bonchev–Trinajstić information content (AvgIpc) is 3.35. The molecular formula is C26H30F2N2O4S. The topological polar surface area (TPSA) is 90.6 Å². The van der Waals surface area contributed by atoms with Crippen LogP contribution in [-0.2, 0) is 21.7 Å². The molecule has 1 aromatic carbocycles. The van der Waals surface area contributed by atoms with Crippen LogP contribution in [0.15, 0.2) is 51.6 Å². The summed E-state index contributed by atoms with van der Waals surface area (Å²) in [6, 6.07) is 5.13. The Morgan fingerprint density at radius 1 is 1.34 bits per heavy atom. The van der Waals surface area contributed by atoms with Gasteiger partial charge in [-0.25, -0.2) is 17.2 Å². The van der Waals surface area contributed by atoms with Gasteiger partial charge < -0.3 is 14.7 Å². The van der Waals surface area contributed by atoms with Gasteiger partial charge in [0, 0.05) is 35.9 Å². The molecule has 0 saturated heterocycles. The number of ether oxygens (including phenoxy) is 1. The minimum absolute atomic E-state index is 0.0625. The number of aliphatic hydroxyl groups excluding tert-OH is 1. The summed E-state index contributed by atoms with van der Waals surface area (Å²) in [4.78, 5) is 1.59. The summed E-state index contributed by atoms with van der Waals surface area (Å²) in [7, 11) is -3.60. The third-order valence-electron chi connectivity index (χ3n) is 6.97. The molecule has 3 aliphatic rings. The second-order valence-corrected chi connectivity index (χ2v) is 12.0. The lowest BCUT2D eigenvalue weighted by molar-refractivity contribution is 0.0433. The quantitative estimate of drug-likeness (QED) is 0.597. The Hall–Kier alpha value is -2.70. The molecule has 1 aromatic rings. The van der Waals surface area contributed by atoms with Crippen molar-refractivity contribution in [3.05, 3.63) is 57.8 Å².